The Morgan fingerprint density at radius 3 is 2.79 bits per heavy atom. The maximum Gasteiger partial charge on any atom is 0.237 e. The standard InChI is InChI=1S/C15H29N3O/c1-12-6-7-16-14(10-12)15(19)17-13(2)11-18-8-4-3-5-9-18/h12-14,16H,3-11H2,1-2H3,(H,17,19). The van der Waals surface area contributed by atoms with Crippen LogP contribution in [-0.2, 0) is 4.79 Å². The van der Waals surface area contributed by atoms with E-state index in [1.54, 1.807) is 0 Å². The van der Waals surface area contributed by atoms with Gasteiger partial charge in [-0.1, -0.05) is 13.3 Å². The summed E-state index contributed by atoms with van der Waals surface area (Å²) in [5.41, 5.74) is 0. The molecule has 1 amide bonds. The van der Waals surface area contributed by atoms with Crippen LogP contribution in [0.25, 0.3) is 0 Å². The quantitative estimate of drug-likeness (QED) is 0.808. The molecule has 0 spiro atoms. The zero-order chi connectivity index (χ0) is 13.7. The lowest BCUT2D eigenvalue weighted by atomic mass is 9.94. The minimum atomic E-state index is 0.0209. The molecule has 0 saturated carbocycles. The fourth-order valence-corrected chi connectivity index (χ4v) is 3.23. The monoisotopic (exact) mass is 267 g/mol. The molecule has 2 saturated heterocycles. The molecule has 4 heteroatoms. The van der Waals surface area contributed by atoms with Crippen molar-refractivity contribution >= 4 is 5.91 Å². The molecule has 0 aromatic carbocycles. The summed E-state index contributed by atoms with van der Waals surface area (Å²) in [5, 5.41) is 6.51. The third-order valence-corrected chi connectivity index (χ3v) is 4.35. The first kappa shape index (κ1) is 14.8. The number of carbonyl (C=O) groups excluding carboxylic acids is 1. The van der Waals surface area contributed by atoms with E-state index < -0.39 is 0 Å². The summed E-state index contributed by atoms with van der Waals surface area (Å²) >= 11 is 0. The molecule has 3 unspecified atom stereocenters. The highest BCUT2D eigenvalue weighted by atomic mass is 16.2. The average Bonchev–Trinajstić information content (AvgIpc) is 2.39. The van der Waals surface area contributed by atoms with Gasteiger partial charge in [-0.05, 0) is 58.2 Å². The van der Waals surface area contributed by atoms with Crippen LogP contribution in [0.2, 0.25) is 0 Å². The van der Waals surface area contributed by atoms with Gasteiger partial charge in [0, 0.05) is 12.6 Å². The van der Waals surface area contributed by atoms with Crippen LogP contribution in [-0.4, -0.2) is 49.1 Å². The first-order valence-corrected chi connectivity index (χ1v) is 7.91. The maximum absolute atomic E-state index is 12.2. The number of amides is 1. The van der Waals surface area contributed by atoms with E-state index in [1.807, 2.05) is 0 Å². The lowest BCUT2D eigenvalue weighted by molar-refractivity contribution is -0.124. The van der Waals surface area contributed by atoms with Gasteiger partial charge in [0.1, 0.15) is 0 Å². The lowest BCUT2D eigenvalue weighted by Gasteiger charge is -2.31. The van der Waals surface area contributed by atoms with Crippen molar-refractivity contribution in [3.05, 3.63) is 0 Å². The van der Waals surface area contributed by atoms with Gasteiger partial charge >= 0.3 is 0 Å². The summed E-state index contributed by atoms with van der Waals surface area (Å²) in [7, 11) is 0. The summed E-state index contributed by atoms with van der Waals surface area (Å²) in [6.07, 6.45) is 6.14. The first-order chi connectivity index (χ1) is 9.15. The molecule has 4 nitrogen and oxygen atoms in total. The molecule has 2 heterocycles. The average molecular weight is 267 g/mol. The fraction of sp³-hybridized carbons (Fsp3) is 0.933. The molecule has 110 valence electrons. The molecule has 0 bridgehead atoms. The highest BCUT2D eigenvalue weighted by Gasteiger charge is 2.25. The third kappa shape index (κ3) is 4.77. The zero-order valence-electron chi connectivity index (χ0n) is 12.5. The second-order valence-corrected chi connectivity index (χ2v) is 6.41. The summed E-state index contributed by atoms with van der Waals surface area (Å²) in [6, 6.07) is 0.275. The highest BCUT2D eigenvalue weighted by Crippen LogP contribution is 2.15. The van der Waals surface area contributed by atoms with Gasteiger partial charge in [-0.3, -0.25) is 4.79 Å². The minimum absolute atomic E-state index is 0.0209. The fourth-order valence-electron chi connectivity index (χ4n) is 3.23. The number of nitrogens with zero attached hydrogens (tertiary/aromatic N) is 1. The topological polar surface area (TPSA) is 44.4 Å². The van der Waals surface area contributed by atoms with Gasteiger partial charge in [-0.25, -0.2) is 0 Å². The van der Waals surface area contributed by atoms with Crippen LogP contribution in [0.1, 0.15) is 46.0 Å². The van der Waals surface area contributed by atoms with Crippen molar-refractivity contribution in [3.8, 4) is 0 Å². The Bertz CT molecular complexity index is 289. The molecular weight excluding hydrogens is 238 g/mol. The van der Waals surface area contributed by atoms with Crippen LogP contribution in [0.15, 0.2) is 0 Å². The SMILES string of the molecule is CC1CCNC(C(=O)NC(C)CN2CCCCC2)C1. The van der Waals surface area contributed by atoms with E-state index in [2.05, 4.69) is 29.4 Å². The van der Waals surface area contributed by atoms with Crippen molar-refractivity contribution in [2.24, 2.45) is 5.92 Å². The molecule has 0 aromatic heterocycles. The van der Waals surface area contributed by atoms with Crippen LogP contribution in [0.3, 0.4) is 0 Å². The van der Waals surface area contributed by atoms with Gasteiger partial charge in [0.05, 0.1) is 6.04 Å². The Morgan fingerprint density at radius 1 is 1.37 bits per heavy atom. The van der Waals surface area contributed by atoms with Gasteiger partial charge in [0.25, 0.3) is 0 Å². The van der Waals surface area contributed by atoms with Crippen molar-refractivity contribution < 1.29 is 4.79 Å². The van der Waals surface area contributed by atoms with Crippen molar-refractivity contribution in [3.63, 3.8) is 0 Å². The predicted molar refractivity (Wildman–Crippen MR) is 78.1 cm³/mol. The number of hydrogen-bond donors (Lipinski definition) is 2. The van der Waals surface area contributed by atoms with E-state index in [9.17, 15) is 4.79 Å². The maximum atomic E-state index is 12.2. The summed E-state index contributed by atoms with van der Waals surface area (Å²) in [6.45, 7) is 8.71. The normalized spacial score (nSPS) is 30.8. The summed E-state index contributed by atoms with van der Waals surface area (Å²) in [5.74, 6) is 0.852. The van der Waals surface area contributed by atoms with Crippen molar-refractivity contribution in [2.75, 3.05) is 26.2 Å². The number of hydrogen-bond acceptors (Lipinski definition) is 3. The Labute approximate surface area is 117 Å². The third-order valence-electron chi connectivity index (χ3n) is 4.35. The number of piperidine rings is 2. The van der Waals surface area contributed by atoms with Gasteiger partial charge < -0.3 is 15.5 Å². The van der Waals surface area contributed by atoms with Gasteiger partial charge in [-0.15, -0.1) is 0 Å². The smallest absolute Gasteiger partial charge is 0.237 e. The molecule has 0 radical (unpaired) electrons. The molecule has 2 aliphatic heterocycles. The van der Waals surface area contributed by atoms with E-state index in [-0.39, 0.29) is 18.0 Å². The second kappa shape index (κ2) is 7.25. The number of likely N-dealkylation sites (tertiary alicyclic amines) is 1. The first-order valence-electron chi connectivity index (χ1n) is 7.91. The van der Waals surface area contributed by atoms with E-state index in [0.29, 0.717) is 5.92 Å². The van der Waals surface area contributed by atoms with Crippen LogP contribution < -0.4 is 10.6 Å². The van der Waals surface area contributed by atoms with Crippen LogP contribution in [0.4, 0.5) is 0 Å². The lowest BCUT2D eigenvalue weighted by Crippen LogP contribution is -2.52. The molecular formula is C15H29N3O. The van der Waals surface area contributed by atoms with E-state index in [1.165, 1.54) is 38.8 Å². The largest absolute Gasteiger partial charge is 0.351 e. The Kier molecular flexibility index (Phi) is 5.64. The van der Waals surface area contributed by atoms with Crippen LogP contribution >= 0.6 is 0 Å². The molecule has 2 fully saturated rings. The molecule has 0 aliphatic carbocycles. The van der Waals surface area contributed by atoms with Crippen molar-refractivity contribution in [1.29, 1.82) is 0 Å². The van der Waals surface area contributed by atoms with Gasteiger partial charge in [0.15, 0.2) is 0 Å². The summed E-state index contributed by atoms with van der Waals surface area (Å²) in [4.78, 5) is 14.7. The molecule has 2 N–H and O–H groups in total. The van der Waals surface area contributed by atoms with Crippen molar-refractivity contribution in [2.45, 2.75) is 58.0 Å². The second-order valence-electron chi connectivity index (χ2n) is 6.41. The van der Waals surface area contributed by atoms with Crippen LogP contribution in [0, 0.1) is 5.92 Å². The molecule has 2 rings (SSSR count). The van der Waals surface area contributed by atoms with Gasteiger partial charge in [0.2, 0.25) is 5.91 Å². The molecule has 19 heavy (non-hydrogen) atoms. The molecule has 2 aliphatic rings. The highest BCUT2D eigenvalue weighted by molar-refractivity contribution is 5.82. The summed E-state index contributed by atoms with van der Waals surface area (Å²) < 4.78 is 0. The number of nitrogens with one attached hydrogen (secondary N) is 2. The molecule has 0 aromatic rings. The predicted octanol–water partition coefficient (Wildman–Crippen LogP) is 1.37. The molecule has 3 atom stereocenters. The van der Waals surface area contributed by atoms with Crippen LogP contribution in [0.5, 0.6) is 0 Å². The van der Waals surface area contributed by atoms with Gasteiger partial charge in [-0.2, -0.15) is 0 Å². The Balaban J connectivity index is 1.71. The minimum Gasteiger partial charge on any atom is -0.351 e. The van der Waals surface area contributed by atoms with E-state index in [4.69, 9.17) is 0 Å². The number of carbonyl (C=O) groups is 1. The Morgan fingerprint density at radius 2 is 2.11 bits per heavy atom. The number of rotatable bonds is 4. The van der Waals surface area contributed by atoms with E-state index in [0.717, 1.165) is 19.5 Å². The zero-order valence-corrected chi connectivity index (χ0v) is 12.5. The van der Waals surface area contributed by atoms with E-state index >= 15 is 0 Å². The van der Waals surface area contributed by atoms with Crippen molar-refractivity contribution in [1.82, 2.24) is 15.5 Å². The Hall–Kier alpha value is -0.610.